The summed E-state index contributed by atoms with van der Waals surface area (Å²) in [5, 5.41) is 15.6. The topological polar surface area (TPSA) is 88.7 Å². The van der Waals surface area contributed by atoms with E-state index < -0.39 is 12.1 Å². The van der Waals surface area contributed by atoms with Crippen LogP contribution in [0.4, 0.5) is 13.2 Å². The van der Waals surface area contributed by atoms with E-state index >= 15 is 0 Å². The highest BCUT2D eigenvalue weighted by atomic mass is 19.4. The molecule has 3 fully saturated rings. The molecular weight excluding hydrogens is 439 g/mol. The monoisotopic (exact) mass is 467 g/mol. The quantitative estimate of drug-likeness (QED) is 0.693. The van der Waals surface area contributed by atoms with Crippen LogP contribution in [0.1, 0.15) is 42.5 Å². The molecular formula is C23H28F3N3O4. The third-order valence-corrected chi connectivity index (χ3v) is 6.47. The molecule has 1 N–H and O–H groups in total. The standard InChI is InChI=1S/C21H27N3O2.C2HF3O2/c1-2-4-15(5-3-1)8-10-24-11-9-18-17(13-24)14-25-19(18)12-20-22-23-21(26-20)16-6-7-16;3-2(4,5)1(6)7/h1-5,16-19H,6-14H2;(H,6,7)/t17-,18-,19-;/m1./s1. The summed E-state index contributed by atoms with van der Waals surface area (Å²) in [5.74, 6) is 0.665. The third kappa shape index (κ3) is 6.54. The Morgan fingerprint density at radius 3 is 2.55 bits per heavy atom. The fourth-order valence-electron chi connectivity index (χ4n) is 4.52. The van der Waals surface area contributed by atoms with Gasteiger partial charge in [-0.25, -0.2) is 4.79 Å². The summed E-state index contributed by atoms with van der Waals surface area (Å²) >= 11 is 0. The van der Waals surface area contributed by atoms with Crippen LogP contribution in [-0.4, -0.2) is 64.7 Å². The highest BCUT2D eigenvalue weighted by Crippen LogP contribution is 2.40. The number of aliphatic carboxylic acids is 1. The van der Waals surface area contributed by atoms with Gasteiger partial charge in [-0.15, -0.1) is 10.2 Å². The number of carboxylic acid groups (broad SMARTS) is 1. The fourth-order valence-corrected chi connectivity index (χ4v) is 4.52. The zero-order valence-corrected chi connectivity index (χ0v) is 18.2. The average molecular weight is 467 g/mol. The van der Waals surface area contributed by atoms with E-state index in [2.05, 4.69) is 45.4 Å². The molecule has 0 amide bonds. The van der Waals surface area contributed by atoms with Gasteiger partial charge in [0.2, 0.25) is 11.8 Å². The first-order valence-corrected chi connectivity index (χ1v) is 11.3. The summed E-state index contributed by atoms with van der Waals surface area (Å²) in [4.78, 5) is 11.5. The van der Waals surface area contributed by atoms with Crippen LogP contribution in [0.15, 0.2) is 34.7 Å². The minimum Gasteiger partial charge on any atom is -0.475 e. The summed E-state index contributed by atoms with van der Waals surface area (Å²) in [6.07, 6.45) is 0.701. The number of carboxylic acids is 1. The fraction of sp³-hybridized carbons (Fsp3) is 0.609. The molecule has 1 aromatic carbocycles. The van der Waals surface area contributed by atoms with Crippen LogP contribution in [0, 0.1) is 11.8 Å². The Balaban J connectivity index is 0.000000325. The van der Waals surface area contributed by atoms with E-state index in [0.717, 1.165) is 44.3 Å². The Labute approximate surface area is 189 Å². The van der Waals surface area contributed by atoms with E-state index in [9.17, 15) is 13.2 Å². The lowest BCUT2D eigenvalue weighted by molar-refractivity contribution is -0.192. The van der Waals surface area contributed by atoms with Crippen molar-refractivity contribution < 1.29 is 32.2 Å². The van der Waals surface area contributed by atoms with Gasteiger partial charge in [-0.1, -0.05) is 30.3 Å². The smallest absolute Gasteiger partial charge is 0.475 e. The van der Waals surface area contributed by atoms with Crippen molar-refractivity contribution in [3.05, 3.63) is 47.7 Å². The number of aromatic nitrogens is 2. The molecule has 2 aliphatic heterocycles. The minimum atomic E-state index is -5.08. The van der Waals surface area contributed by atoms with Gasteiger partial charge < -0.3 is 19.2 Å². The van der Waals surface area contributed by atoms with Crippen LogP contribution in [-0.2, 0) is 22.4 Å². The number of carbonyl (C=O) groups is 1. The van der Waals surface area contributed by atoms with Crippen molar-refractivity contribution >= 4 is 5.97 Å². The largest absolute Gasteiger partial charge is 0.490 e. The maximum absolute atomic E-state index is 10.6. The van der Waals surface area contributed by atoms with Gasteiger partial charge in [0.05, 0.1) is 19.1 Å². The summed E-state index contributed by atoms with van der Waals surface area (Å²) in [5.41, 5.74) is 1.43. The van der Waals surface area contributed by atoms with E-state index in [1.54, 1.807) is 0 Å². The van der Waals surface area contributed by atoms with Crippen LogP contribution in [0.5, 0.6) is 0 Å². The highest BCUT2D eigenvalue weighted by Gasteiger charge is 2.41. The van der Waals surface area contributed by atoms with Crippen molar-refractivity contribution in [3.8, 4) is 0 Å². The SMILES string of the molecule is O=C(O)C(F)(F)F.c1ccc(CCN2CC[C@@H]3[C@@H](CO[C@@H]3Cc3nnc(C4CC4)o3)C2)cc1. The van der Waals surface area contributed by atoms with Gasteiger partial charge in [0.15, 0.2) is 0 Å². The van der Waals surface area contributed by atoms with E-state index in [0.29, 0.717) is 17.8 Å². The van der Waals surface area contributed by atoms with Crippen molar-refractivity contribution in [2.24, 2.45) is 11.8 Å². The number of nitrogens with zero attached hydrogens (tertiary/aromatic N) is 3. The second-order valence-electron chi connectivity index (χ2n) is 8.94. The molecule has 5 rings (SSSR count). The van der Waals surface area contributed by atoms with Gasteiger partial charge in [0.1, 0.15) is 0 Å². The van der Waals surface area contributed by atoms with Crippen molar-refractivity contribution in [2.75, 3.05) is 26.2 Å². The van der Waals surface area contributed by atoms with Crippen LogP contribution in [0.2, 0.25) is 0 Å². The molecule has 3 aliphatic rings. The number of rotatable bonds is 6. The maximum atomic E-state index is 10.6. The van der Waals surface area contributed by atoms with E-state index in [4.69, 9.17) is 19.1 Å². The molecule has 0 radical (unpaired) electrons. The van der Waals surface area contributed by atoms with Crippen LogP contribution < -0.4 is 0 Å². The number of piperidine rings is 1. The van der Waals surface area contributed by atoms with Gasteiger partial charge in [0.25, 0.3) is 0 Å². The predicted octanol–water partition coefficient (Wildman–Crippen LogP) is 3.70. The van der Waals surface area contributed by atoms with Crippen molar-refractivity contribution in [1.82, 2.24) is 15.1 Å². The Morgan fingerprint density at radius 1 is 1.15 bits per heavy atom. The molecule has 180 valence electrons. The summed E-state index contributed by atoms with van der Waals surface area (Å²) in [7, 11) is 0. The lowest BCUT2D eigenvalue weighted by Crippen LogP contribution is -2.42. The van der Waals surface area contributed by atoms with E-state index in [-0.39, 0.29) is 6.10 Å². The Morgan fingerprint density at radius 2 is 1.88 bits per heavy atom. The number of hydrogen-bond donors (Lipinski definition) is 1. The van der Waals surface area contributed by atoms with Crippen molar-refractivity contribution in [1.29, 1.82) is 0 Å². The molecule has 1 saturated carbocycles. The molecule has 2 aromatic rings. The third-order valence-electron chi connectivity index (χ3n) is 6.47. The second kappa shape index (κ2) is 10.2. The van der Waals surface area contributed by atoms with Crippen LogP contribution in [0.25, 0.3) is 0 Å². The second-order valence-corrected chi connectivity index (χ2v) is 8.94. The molecule has 0 spiro atoms. The molecule has 0 bridgehead atoms. The average Bonchev–Trinajstić information content (AvgIpc) is 3.42. The molecule has 0 unspecified atom stereocenters. The number of alkyl halides is 3. The number of halogens is 3. The maximum Gasteiger partial charge on any atom is 0.490 e. The lowest BCUT2D eigenvalue weighted by atomic mass is 9.83. The summed E-state index contributed by atoms with van der Waals surface area (Å²) < 4.78 is 43.7. The Hall–Kier alpha value is -2.46. The van der Waals surface area contributed by atoms with Gasteiger partial charge in [-0.2, -0.15) is 13.2 Å². The van der Waals surface area contributed by atoms with Gasteiger partial charge >= 0.3 is 12.1 Å². The molecule has 33 heavy (non-hydrogen) atoms. The van der Waals surface area contributed by atoms with Gasteiger partial charge in [-0.3, -0.25) is 0 Å². The normalized spacial score (nSPS) is 25.2. The van der Waals surface area contributed by atoms with Crippen molar-refractivity contribution in [2.45, 2.75) is 50.3 Å². The number of benzene rings is 1. The van der Waals surface area contributed by atoms with Crippen LogP contribution >= 0.6 is 0 Å². The summed E-state index contributed by atoms with van der Waals surface area (Å²) in [6, 6.07) is 10.8. The van der Waals surface area contributed by atoms with Gasteiger partial charge in [0, 0.05) is 24.9 Å². The Bertz CT molecular complexity index is 917. The first-order valence-electron chi connectivity index (χ1n) is 11.3. The predicted molar refractivity (Wildman–Crippen MR) is 112 cm³/mol. The molecule has 2 saturated heterocycles. The zero-order chi connectivity index (χ0) is 23.4. The molecule has 10 heteroatoms. The number of ether oxygens (including phenoxy) is 1. The minimum absolute atomic E-state index is 0.253. The first-order chi connectivity index (χ1) is 15.8. The van der Waals surface area contributed by atoms with E-state index in [1.165, 1.54) is 31.4 Å². The highest BCUT2D eigenvalue weighted by molar-refractivity contribution is 5.73. The molecule has 3 atom stereocenters. The Kier molecular flexibility index (Phi) is 7.33. The number of likely N-dealkylation sites (tertiary alicyclic amines) is 1. The molecule has 1 aliphatic carbocycles. The molecule has 3 heterocycles. The van der Waals surface area contributed by atoms with Crippen LogP contribution in [0.3, 0.4) is 0 Å². The first kappa shape index (κ1) is 23.7. The lowest BCUT2D eigenvalue weighted by Gasteiger charge is -2.35. The summed E-state index contributed by atoms with van der Waals surface area (Å²) in [6.45, 7) is 4.35. The molecule has 7 nitrogen and oxygen atoms in total. The molecule has 1 aromatic heterocycles. The van der Waals surface area contributed by atoms with Gasteiger partial charge in [-0.05, 0) is 43.7 Å². The van der Waals surface area contributed by atoms with Crippen molar-refractivity contribution in [3.63, 3.8) is 0 Å². The number of hydrogen-bond acceptors (Lipinski definition) is 6. The van der Waals surface area contributed by atoms with E-state index in [1.807, 2.05) is 0 Å². The number of fused-ring (bicyclic) bond motifs is 1. The zero-order valence-electron chi connectivity index (χ0n) is 18.2.